The second-order valence-electron chi connectivity index (χ2n) is 6.37. The summed E-state index contributed by atoms with van der Waals surface area (Å²) >= 11 is 0. The molecule has 3 N–H and O–H groups in total. The van der Waals surface area contributed by atoms with E-state index in [1.807, 2.05) is 0 Å². The summed E-state index contributed by atoms with van der Waals surface area (Å²) in [6.07, 6.45) is 1.35. The van der Waals surface area contributed by atoms with E-state index in [0.717, 1.165) is 0 Å². The minimum Gasteiger partial charge on any atom is -0.481 e. The average molecular weight is 300 g/mol. The normalized spacial score (nSPS) is 23.6. The zero-order valence-electron chi connectivity index (χ0n) is 12.8. The van der Waals surface area contributed by atoms with Crippen molar-refractivity contribution in [3.05, 3.63) is 0 Å². The van der Waals surface area contributed by atoms with Crippen LogP contribution in [0, 0.1) is 0 Å². The van der Waals surface area contributed by atoms with Gasteiger partial charge >= 0.3 is 11.9 Å². The van der Waals surface area contributed by atoms with Crippen molar-refractivity contribution in [2.24, 2.45) is 5.73 Å². The van der Waals surface area contributed by atoms with Gasteiger partial charge in [-0.1, -0.05) is 0 Å². The molecule has 1 atom stereocenters. The Hall–Kier alpha value is -1.63. The van der Waals surface area contributed by atoms with Gasteiger partial charge in [0, 0.05) is 13.1 Å². The van der Waals surface area contributed by atoms with Crippen molar-refractivity contribution in [1.29, 1.82) is 0 Å². The number of ether oxygens (including phenoxy) is 1. The van der Waals surface area contributed by atoms with Crippen molar-refractivity contribution in [3.63, 3.8) is 0 Å². The molecule has 1 aliphatic rings. The van der Waals surface area contributed by atoms with Crippen LogP contribution in [0.1, 0.15) is 46.5 Å². The molecule has 21 heavy (non-hydrogen) atoms. The summed E-state index contributed by atoms with van der Waals surface area (Å²) in [5, 5.41) is 8.73. The third kappa shape index (κ3) is 4.70. The zero-order chi connectivity index (χ0) is 16.3. The maximum Gasteiger partial charge on any atom is 0.336 e. The van der Waals surface area contributed by atoms with Gasteiger partial charge in [-0.05, 0) is 40.0 Å². The summed E-state index contributed by atoms with van der Waals surface area (Å²) < 4.78 is 5.25. The molecule has 0 aromatic heterocycles. The Kier molecular flexibility index (Phi) is 5.33. The SMILES string of the molecule is CC(C)(C)OC(=O)C1(N)CCCCN(CCC(=O)O)C1=O. The van der Waals surface area contributed by atoms with E-state index in [2.05, 4.69) is 0 Å². The highest BCUT2D eigenvalue weighted by molar-refractivity contribution is 6.07. The quantitative estimate of drug-likeness (QED) is 0.578. The molecule has 1 amide bonds. The highest BCUT2D eigenvalue weighted by Gasteiger charge is 2.48. The van der Waals surface area contributed by atoms with Crippen LogP contribution in [0.15, 0.2) is 0 Å². The number of esters is 1. The van der Waals surface area contributed by atoms with Gasteiger partial charge in [-0.2, -0.15) is 0 Å². The predicted octanol–water partition coefficient (Wildman–Crippen LogP) is 0.513. The molecular weight excluding hydrogens is 276 g/mol. The molecule has 1 unspecified atom stereocenters. The first kappa shape index (κ1) is 17.4. The van der Waals surface area contributed by atoms with Crippen molar-refractivity contribution < 1.29 is 24.2 Å². The maximum absolute atomic E-state index is 12.5. The molecule has 1 fully saturated rings. The smallest absolute Gasteiger partial charge is 0.336 e. The van der Waals surface area contributed by atoms with Crippen molar-refractivity contribution >= 4 is 17.8 Å². The summed E-state index contributed by atoms with van der Waals surface area (Å²) in [5.74, 6) is -2.29. The number of hydrogen-bond acceptors (Lipinski definition) is 5. The lowest BCUT2D eigenvalue weighted by Crippen LogP contribution is -2.61. The fourth-order valence-electron chi connectivity index (χ4n) is 2.20. The molecule has 1 aliphatic heterocycles. The van der Waals surface area contributed by atoms with E-state index in [4.69, 9.17) is 15.6 Å². The molecule has 0 bridgehead atoms. The largest absolute Gasteiger partial charge is 0.481 e. The third-order valence-electron chi connectivity index (χ3n) is 3.28. The number of carbonyl (C=O) groups excluding carboxylic acids is 2. The summed E-state index contributed by atoms with van der Waals surface area (Å²) in [4.78, 5) is 36.8. The molecule has 0 aromatic rings. The van der Waals surface area contributed by atoms with Gasteiger partial charge < -0.3 is 20.5 Å². The van der Waals surface area contributed by atoms with Crippen LogP contribution in [-0.4, -0.2) is 52.1 Å². The summed E-state index contributed by atoms with van der Waals surface area (Å²) in [6.45, 7) is 5.58. The van der Waals surface area contributed by atoms with Crippen LogP contribution in [0.4, 0.5) is 0 Å². The lowest BCUT2D eigenvalue weighted by atomic mass is 9.93. The second-order valence-corrected chi connectivity index (χ2v) is 6.37. The first-order chi connectivity index (χ1) is 9.56. The van der Waals surface area contributed by atoms with E-state index in [0.29, 0.717) is 19.4 Å². The Bertz CT molecular complexity index is 430. The van der Waals surface area contributed by atoms with E-state index in [1.54, 1.807) is 20.8 Å². The second kappa shape index (κ2) is 6.43. The Labute approximate surface area is 124 Å². The number of carboxylic acid groups (broad SMARTS) is 1. The Balaban J connectivity index is 2.89. The molecule has 1 heterocycles. The number of hydrogen-bond donors (Lipinski definition) is 2. The molecule has 120 valence electrons. The van der Waals surface area contributed by atoms with Gasteiger partial charge in [-0.3, -0.25) is 9.59 Å². The molecule has 1 saturated heterocycles. The molecule has 0 aromatic carbocycles. The van der Waals surface area contributed by atoms with Crippen LogP contribution < -0.4 is 5.73 Å². The summed E-state index contributed by atoms with van der Waals surface area (Å²) in [6, 6.07) is 0. The standard InChI is InChI=1S/C14H24N2O5/c1-13(2,3)21-12(20)14(15)7-4-5-8-16(11(14)19)9-6-10(17)18/h4-9,15H2,1-3H3,(H,17,18). The summed E-state index contributed by atoms with van der Waals surface area (Å²) in [5.41, 5.74) is 3.58. The molecule has 0 aliphatic carbocycles. The number of carboxylic acids is 1. The first-order valence-electron chi connectivity index (χ1n) is 7.10. The van der Waals surface area contributed by atoms with Crippen LogP contribution in [0.2, 0.25) is 0 Å². The van der Waals surface area contributed by atoms with Gasteiger partial charge in [0.1, 0.15) is 5.60 Å². The maximum atomic E-state index is 12.5. The van der Waals surface area contributed by atoms with E-state index in [9.17, 15) is 14.4 Å². The van der Waals surface area contributed by atoms with Gasteiger partial charge in [0.05, 0.1) is 6.42 Å². The molecule has 1 rings (SSSR count). The van der Waals surface area contributed by atoms with Crippen LogP contribution >= 0.6 is 0 Å². The highest BCUT2D eigenvalue weighted by Crippen LogP contribution is 2.24. The average Bonchev–Trinajstić information content (AvgIpc) is 2.47. The van der Waals surface area contributed by atoms with Gasteiger partial charge in [-0.25, -0.2) is 4.79 Å². The van der Waals surface area contributed by atoms with Gasteiger partial charge in [0.2, 0.25) is 0 Å². The monoisotopic (exact) mass is 300 g/mol. The van der Waals surface area contributed by atoms with Gasteiger partial charge in [0.15, 0.2) is 5.54 Å². The van der Waals surface area contributed by atoms with Gasteiger partial charge in [0.25, 0.3) is 5.91 Å². The number of nitrogens with two attached hydrogens (primary N) is 1. The Morgan fingerprint density at radius 2 is 2.00 bits per heavy atom. The molecule has 0 radical (unpaired) electrons. The van der Waals surface area contributed by atoms with Crippen LogP contribution in [0.5, 0.6) is 0 Å². The van der Waals surface area contributed by atoms with Crippen molar-refractivity contribution in [2.45, 2.75) is 57.6 Å². The van der Waals surface area contributed by atoms with Crippen molar-refractivity contribution in [3.8, 4) is 0 Å². The van der Waals surface area contributed by atoms with Crippen LogP contribution in [0.25, 0.3) is 0 Å². The molecular formula is C14H24N2O5. The minimum absolute atomic E-state index is 0.0515. The van der Waals surface area contributed by atoms with Crippen molar-refractivity contribution in [1.82, 2.24) is 4.90 Å². The fraction of sp³-hybridized carbons (Fsp3) is 0.786. The fourth-order valence-corrected chi connectivity index (χ4v) is 2.20. The van der Waals surface area contributed by atoms with E-state index in [1.165, 1.54) is 4.90 Å². The Morgan fingerprint density at radius 1 is 1.38 bits per heavy atom. The lowest BCUT2D eigenvalue weighted by molar-refractivity contribution is -0.166. The van der Waals surface area contributed by atoms with Crippen molar-refractivity contribution in [2.75, 3.05) is 13.1 Å². The van der Waals surface area contributed by atoms with Gasteiger partial charge in [-0.15, -0.1) is 0 Å². The number of amides is 1. The summed E-state index contributed by atoms with van der Waals surface area (Å²) in [7, 11) is 0. The third-order valence-corrected chi connectivity index (χ3v) is 3.28. The molecule has 0 saturated carbocycles. The molecule has 0 spiro atoms. The van der Waals surface area contributed by atoms with E-state index in [-0.39, 0.29) is 19.4 Å². The zero-order valence-corrected chi connectivity index (χ0v) is 12.8. The van der Waals surface area contributed by atoms with Crippen LogP contribution in [-0.2, 0) is 19.1 Å². The minimum atomic E-state index is -1.72. The van der Waals surface area contributed by atoms with E-state index >= 15 is 0 Å². The highest BCUT2D eigenvalue weighted by atomic mass is 16.6. The number of nitrogens with zero attached hydrogens (tertiary/aromatic N) is 1. The molecule has 7 nitrogen and oxygen atoms in total. The van der Waals surface area contributed by atoms with Crippen LogP contribution in [0.3, 0.4) is 0 Å². The number of rotatable bonds is 4. The van der Waals surface area contributed by atoms with E-state index < -0.39 is 29.0 Å². The lowest BCUT2D eigenvalue weighted by Gasteiger charge is -2.32. The Morgan fingerprint density at radius 3 is 2.52 bits per heavy atom. The number of aliphatic carboxylic acids is 1. The predicted molar refractivity (Wildman–Crippen MR) is 75.4 cm³/mol. The topological polar surface area (TPSA) is 110 Å². The first-order valence-corrected chi connectivity index (χ1v) is 7.10. The number of carbonyl (C=O) groups is 3. The molecule has 7 heteroatoms. The number of likely N-dealkylation sites (tertiary alicyclic amines) is 1.